The number of aliphatic imine (C=N–C) groups is 1. The van der Waals surface area contributed by atoms with Crippen LogP contribution < -0.4 is 0 Å². The van der Waals surface area contributed by atoms with Crippen molar-refractivity contribution >= 4 is 23.4 Å². The number of hydrogen-bond donors (Lipinski definition) is 0. The maximum atomic E-state index is 11.8. The number of carbonyl (C=O) groups is 1. The molecule has 0 bridgehead atoms. The van der Waals surface area contributed by atoms with E-state index in [1.807, 2.05) is 0 Å². The number of hydrogen-bond acceptors (Lipinski definition) is 3. The minimum absolute atomic E-state index is 0.407. The number of ketones is 1. The van der Waals surface area contributed by atoms with Gasteiger partial charge in [0.15, 0.2) is 0 Å². The molecule has 0 saturated carbocycles. The van der Waals surface area contributed by atoms with E-state index in [2.05, 4.69) is 10.9 Å². The van der Waals surface area contributed by atoms with Crippen molar-refractivity contribution < 1.29 is 18.0 Å². The first-order valence-electron chi connectivity index (χ1n) is 3.05. The van der Waals surface area contributed by atoms with Crippen LogP contribution in [0.15, 0.2) is 9.90 Å². The molecule has 6 heteroatoms. The maximum absolute atomic E-state index is 11.8. The molecule has 0 aliphatic carbocycles. The van der Waals surface area contributed by atoms with E-state index in [1.54, 1.807) is 0 Å². The molecule has 12 heavy (non-hydrogen) atoms. The van der Waals surface area contributed by atoms with Crippen molar-refractivity contribution in [3.05, 3.63) is 4.91 Å². The van der Waals surface area contributed by atoms with E-state index < -0.39 is 16.9 Å². The van der Waals surface area contributed by atoms with Gasteiger partial charge in [0.25, 0.3) is 5.78 Å². The van der Waals surface area contributed by atoms with Gasteiger partial charge in [0.05, 0.1) is 6.54 Å². The summed E-state index contributed by atoms with van der Waals surface area (Å²) in [6.45, 7) is 0.416. The highest BCUT2D eigenvalue weighted by Crippen LogP contribution is 2.26. The summed E-state index contributed by atoms with van der Waals surface area (Å²) in [5, 5.41) is 0. The molecule has 0 aromatic rings. The molecule has 0 aromatic carbocycles. The second-order valence-corrected chi connectivity index (χ2v) is 3.10. The molecular formula is C6H4F3NOS. The number of rotatable bonds is 1. The van der Waals surface area contributed by atoms with E-state index in [1.165, 1.54) is 0 Å². The topological polar surface area (TPSA) is 29.4 Å². The van der Waals surface area contributed by atoms with Crippen molar-refractivity contribution in [2.24, 2.45) is 4.99 Å². The van der Waals surface area contributed by atoms with E-state index in [4.69, 9.17) is 0 Å². The smallest absolute Gasteiger partial charge is 0.283 e. The third-order valence-electron chi connectivity index (χ3n) is 1.09. The minimum Gasteiger partial charge on any atom is -0.283 e. The Morgan fingerprint density at radius 2 is 2.25 bits per heavy atom. The average molecular weight is 195 g/mol. The van der Waals surface area contributed by atoms with E-state index in [0.717, 1.165) is 11.8 Å². The normalized spacial score (nSPS) is 17.4. The van der Waals surface area contributed by atoms with Crippen LogP contribution in [0.5, 0.6) is 0 Å². The largest absolute Gasteiger partial charge is 0.456 e. The summed E-state index contributed by atoms with van der Waals surface area (Å²) >= 11 is 0.840. The van der Waals surface area contributed by atoms with Crippen molar-refractivity contribution in [2.75, 3.05) is 12.3 Å². The Hall–Kier alpha value is -0.740. The zero-order valence-corrected chi connectivity index (χ0v) is 6.63. The Bertz CT molecular complexity index is 264. The summed E-state index contributed by atoms with van der Waals surface area (Å²) in [4.78, 5) is 13.5. The average Bonchev–Trinajstić information content (AvgIpc) is 2.03. The van der Waals surface area contributed by atoms with Crippen LogP contribution in [0.25, 0.3) is 0 Å². The molecular weight excluding hydrogens is 191 g/mol. The number of Topliss-reactive ketones (excluding diaryl/α,β-unsaturated/α-hetero) is 1. The lowest BCUT2D eigenvalue weighted by Gasteiger charge is -2.07. The first-order valence-corrected chi connectivity index (χ1v) is 4.04. The summed E-state index contributed by atoms with van der Waals surface area (Å²) < 4.78 is 35.3. The fourth-order valence-electron chi connectivity index (χ4n) is 0.598. The zero-order valence-electron chi connectivity index (χ0n) is 5.81. The summed E-state index contributed by atoms with van der Waals surface area (Å²) in [5.41, 5.74) is 0. The molecule has 0 atom stereocenters. The van der Waals surface area contributed by atoms with Crippen LogP contribution in [-0.4, -0.2) is 30.1 Å². The van der Waals surface area contributed by atoms with Gasteiger partial charge in [0.2, 0.25) is 0 Å². The van der Waals surface area contributed by atoms with E-state index in [0.29, 0.717) is 12.3 Å². The molecule has 0 aromatic heterocycles. The van der Waals surface area contributed by atoms with Crippen LogP contribution in [0, 0.1) is 0 Å². The highest BCUT2D eigenvalue weighted by molar-refractivity contribution is 8.04. The fraction of sp³-hybridized carbons (Fsp3) is 0.500. The molecule has 0 saturated heterocycles. The highest BCUT2D eigenvalue weighted by Gasteiger charge is 2.41. The molecule has 1 aliphatic rings. The van der Waals surface area contributed by atoms with Crippen molar-refractivity contribution in [3.63, 3.8) is 0 Å². The van der Waals surface area contributed by atoms with Crippen LogP contribution in [-0.2, 0) is 4.79 Å². The van der Waals surface area contributed by atoms with Gasteiger partial charge in [-0.2, -0.15) is 13.2 Å². The molecule has 1 heterocycles. The van der Waals surface area contributed by atoms with Crippen LogP contribution in [0.3, 0.4) is 0 Å². The van der Waals surface area contributed by atoms with Crippen molar-refractivity contribution in [1.29, 1.82) is 0 Å². The fourth-order valence-corrected chi connectivity index (χ4v) is 1.36. The monoisotopic (exact) mass is 195 g/mol. The molecule has 66 valence electrons. The minimum atomic E-state index is -4.80. The van der Waals surface area contributed by atoms with Crippen LogP contribution >= 0.6 is 11.8 Å². The van der Waals surface area contributed by atoms with Gasteiger partial charge in [0.1, 0.15) is 4.91 Å². The first-order chi connectivity index (χ1) is 5.52. The summed E-state index contributed by atoms with van der Waals surface area (Å²) in [7, 11) is 0. The number of thioether (sulfide) groups is 1. The van der Waals surface area contributed by atoms with Gasteiger partial charge in [-0.05, 0) is 0 Å². The van der Waals surface area contributed by atoms with Crippen molar-refractivity contribution in [3.8, 4) is 0 Å². The second-order valence-electron chi connectivity index (χ2n) is 2.00. The van der Waals surface area contributed by atoms with Gasteiger partial charge in [-0.25, -0.2) is 4.99 Å². The maximum Gasteiger partial charge on any atom is 0.456 e. The Morgan fingerprint density at radius 3 is 2.67 bits per heavy atom. The lowest BCUT2D eigenvalue weighted by atomic mass is 10.4. The molecule has 0 fully saturated rings. The Balaban J connectivity index is 2.84. The van der Waals surface area contributed by atoms with Gasteiger partial charge in [-0.15, -0.1) is 11.8 Å². The molecule has 0 unspecified atom stereocenters. The van der Waals surface area contributed by atoms with Crippen molar-refractivity contribution in [1.82, 2.24) is 0 Å². The molecule has 1 aliphatic heterocycles. The molecule has 0 radical (unpaired) electrons. The molecule has 0 spiro atoms. The lowest BCUT2D eigenvalue weighted by Crippen LogP contribution is -2.24. The Labute approximate surface area is 70.5 Å². The Morgan fingerprint density at radius 1 is 1.58 bits per heavy atom. The van der Waals surface area contributed by atoms with Gasteiger partial charge in [-0.3, -0.25) is 4.79 Å². The first kappa shape index (κ1) is 9.35. The van der Waals surface area contributed by atoms with Crippen molar-refractivity contribution in [2.45, 2.75) is 6.18 Å². The quantitative estimate of drug-likeness (QED) is 0.633. The number of nitrogens with zero attached hydrogens (tertiary/aromatic N) is 1. The number of alkyl halides is 3. The molecule has 0 N–H and O–H groups in total. The number of allylic oxidation sites excluding steroid dienone is 1. The summed E-state index contributed by atoms with van der Waals surface area (Å²) in [5.74, 6) is 0.616. The van der Waals surface area contributed by atoms with Crippen LogP contribution in [0.1, 0.15) is 0 Å². The van der Waals surface area contributed by atoms with E-state index in [-0.39, 0.29) is 0 Å². The SMILES string of the molecule is O=C(C1=C=NCCS1)C(F)(F)F. The Kier molecular flexibility index (Phi) is 2.59. The zero-order chi connectivity index (χ0) is 9.19. The number of carbonyl (C=O) groups excluding carboxylic acids is 1. The van der Waals surface area contributed by atoms with Gasteiger partial charge in [0, 0.05) is 11.6 Å². The molecule has 2 nitrogen and oxygen atoms in total. The standard InChI is InChI=1S/C6H4F3NOS/c7-6(8,9)5(11)4-3-10-1-2-12-4/h1-2H2. The lowest BCUT2D eigenvalue weighted by molar-refractivity contribution is -0.165. The van der Waals surface area contributed by atoms with Gasteiger partial charge >= 0.3 is 6.18 Å². The molecule has 0 amide bonds. The van der Waals surface area contributed by atoms with Gasteiger partial charge < -0.3 is 0 Å². The predicted molar refractivity (Wildman–Crippen MR) is 39.3 cm³/mol. The van der Waals surface area contributed by atoms with Crippen LogP contribution in [0.4, 0.5) is 13.2 Å². The third kappa shape index (κ3) is 2.12. The second kappa shape index (κ2) is 3.33. The predicted octanol–water partition coefficient (Wildman–Crippen LogP) is 1.42. The van der Waals surface area contributed by atoms with E-state index >= 15 is 0 Å². The number of halogens is 3. The highest BCUT2D eigenvalue weighted by atomic mass is 32.2. The summed E-state index contributed by atoms with van der Waals surface area (Å²) in [6, 6.07) is 0. The van der Waals surface area contributed by atoms with Crippen LogP contribution in [0.2, 0.25) is 0 Å². The summed E-state index contributed by atoms with van der Waals surface area (Å²) in [6.07, 6.45) is -4.80. The van der Waals surface area contributed by atoms with Gasteiger partial charge in [-0.1, -0.05) is 0 Å². The van der Waals surface area contributed by atoms with E-state index in [9.17, 15) is 18.0 Å². The third-order valence-corrected chi connectivity index (χ3v) is 2.05. The molecule has 1 rings (SSSR count).